The van der Waals surface area contributed by atoms with E-state index in [-0.39, 0.29) is 23.7 Å². The van der Waals surface area contributed by atoms with Gasteiger partial charge in [-0.05, 0) is 84.3 Å². The van der Waals surface area contributed by atoms with E-state index in [2.05, 4.69) is 21.9 Å². The number of benzene rings is 3. The molecule has 2 fully saturated rings. The van der Waals surface area contributed by atoms with Gasteiger partial charge in [-0.1, -0.05) is 58.9 Å². The van der Waals surface area contributed by atoms with Crippen LogP contribution < -0.4 is 16.0 Å². The number of rotatable bonds is 4. The molecule has 4 atom stereocenters. The molecule has 1 aliphatic heterocycles. The number of carbonyl (C=O) groups is 2. The van der Waals surface area contributed by atoms with Crippen LogP contribution in [-0.4, -0.2) is 24.0 Å². The zero-order chi connectivity index (χ0) is 26.2. The molecule has 0 spiro atoms. The van der Waals surface area contributed by atoms with Crippen molar-refractivity contribution in [3.63, 3.8) is 0 Å². The average Bonchev–Trinajstić information content (AvgIpc) is 3.20. The van der Waals surface area contributed by atoms with Crippen molar-refractivity contribution >= 4 is 52.4 Å². The lowest BCUT2D eigenvalue weighted by Crippen LogP contribution is -2.61. The fourth-order valence-corrected chi connectivity index (χ4v) is 6.48. The molecule has 1 saturated carbocycles. The summed E-state index contributed by atoms with van der Waals surface area (Å²) in [7, 11) is 0. The number of nitrogens with one attached hydrogen (secondary N) is 3. The van der Waals surface area contributed by atoms with Crippen LogP contribution in [0.5, 0.6) is 0 Å². The molecule has 3 amide bonds. The summed E-state index contributed by atoms with van der Waals surface area (Å²) in [6.45, 7) is 0.422. The van der Waals surface area contributed by atoms with Crippen molar-refractivity contribution in [2.75, 3.05) is 11.9 Å². The summed E-state index contributed by atoms with van der Waals surface area (Å²) in [6, 6.07) is 19.7. The Morgan fingerprint density at radius 1 is 1.00 bits per heavy atom. The summed E-state index contributed by atoms with van der Waals surface area (Å²) in [6.07, 6.45) is 6.51. The molecule has 1 heterocycles. The third kappa shape index (κ3) is 4.90. The smallest absolute Gasteiger partial charge is 0.320 e. The standard InChI is InChI=1S/C29H24Cl3N3O2/c1-2-17-3-10-21(11-4-17)34-28(37)35-29-14-13-23(22-12-9-20(31)15-25(22)32)26(24(29)16-33-27(29)36)18-5-7-19(30)8-6-18/h1,3-12,15,23-24,26H,13-14,16H2,(H,33,36)(H2,34,35,37)/t23-,24-,26-,29-/m0/s1. The number of hydrogen-bond acceptors (Lipinski definition) is 2. The summed E-state index contributed by atoms with van der Waals surface area (Å²) >= 11 is 19.0. The van der Waals surface area contributed by atoms with E-state index in [4.69, 9.17) is 41.2 Å². The van der Waals surface area contributed by atoms with Crippen molar-refractivity contribution in [2.45, 2.75) is 30.2 Å². The monoisotopic (exact) mass is 551 g/mol. The molecule has 8 heteroatoms. The van der Waals surface area contributed by atoms with Crippen molar-refractivity contribution in [2.24, 2.45) is 5.92 Å². The predicted molar refractivity (Wildman–Crippen MR) is 148 cm³/mol. The second-order valence-corrected chi connectivity index (χ2v) is 10.8. The first-order valence-electron chi connectivity index (χ1n) is 12.0. The highest BCUT2D eigenvalue weighted by Gasteiger charge is 2.58. The third-order valence-electron chi connectivity index (χ3n) is 7.50. The maximum Gasteiger partial charge on any atom is 0.320 e. The molecule has 0 radical (unpaired) electrons. The lowest BCUT2D eigenvalue weighted by molar-refractivity contribution is -0.126. The fourth-order valence-electron chi connectivity index (χ4n) is 5.81. The van der Waals surface area contributed by atoms with Crippen LogP contribution in [0, 0.1) is 18.3 Å². The lowest BCUT2D eigenvalue weighted by Gasteiger charge is -2.46. The van der Waals surface area contributed by atoms with Gasteiger partial charge >= 0.3 is 6.03 Å². The Hall–Kier alpha value is -3.17. The molecule has 1 aliphatic carbocycles. The number of terminal acetylenes is 1. The van der Waals surface area contributed by atoms with Crippen LogP contribution >= 0.6 is 34.8 Å². The number of halogens is 3. The Labute approximate surface area is 230 Å². The molecule has 3 aromatic rings. The van der Waals surface area contributed by atoms with Gasteiger partial charge in [-0.15, -0.1) is 6.42 Å². The Morgan fingerprint density at radius 3 is 2.38 bits per heavy atom. The highest BCUT2D eigenvalue weighted by atomic mass is 35.5. The Bertz CT molecular complexity index is 1390. The SMILES string of the molecule is C#Cc1ccc(NC(=O)N[C@@]23CC[C@@H](c4ccc(Cl)cc4Cl)[C@H](c4ccc(Cl)cc4)[C@@H]2CNC3=O)cc1. The maximum atomic E-state index is 13.3. The second kappa shape index (κ2) is 10.3. The van der Waals surface area contributed by atoms with E-state index >= 15 is 0 Å². The fraction of sp³-hybridized carbons (Fsp3) is 0.241. The number of amides is 3. The molecule has 37 heavy (non-hydrogen) atoms. The summed E-state index contributed by atoms with van der Waals surface area (Å²) in [5.41, 5.74) is 2.21. The number of anilines is 1. The molecule has 0 aromatic heterocycles. The van der Waals surface area contributed by atoms with Crippen LogP contribution in [0.15, 0.2) is 66.7 Å². The van der Waals surface area contributed by atoms with Gasteiger partial charge in [-0.25, -0.2) is 4.79 Å². The molecule has 2 aliphatic rings. The molecule has 3 aromatic carbocycles. The predicted octanol–water partition coefficient (Wildman–Crippen LogP) is 6.60. The van der Waals surface area contributed by atoms with Gasteiger partial charge in [-0.3, -0.25) is 4.79 Å². The van der Waals surface area contributed by atoms with Crippen LogP contribution in [0.4, 0.5) is 10.5 Å². The Balaban J connectivity index is 1.50. The normalized spacial score (nSPS) is 24.5. The first-order valence-corrected chi connectivity index (χ1v) is 13.1. The van der Waals surface area contributed by atoms with E-state index in [0.717, 1.165) is 11.1 Å². The Morgan fingerprint density at radius 2 is 1.70 bits per heavy atom. The highest BCUT2D eigenvalue weighted by molar-refractivity contribution is 6.35. The zero-order valence-electron chi connectivity index (χ0n) is 19.7. The molecule has 5 rings (SSSR count). The quantitative estimate of drug-likeness (QED) is 0.319. The first-order chi connectivity index (χ1) is 17.8. The first kappa shape index (κ1) is 25.5. The molecule has 5 nitrogen and oxygen atoms in total. The largest absolute Gasteiger partial charge is 0.354 e. The van der Waals surface area contributed by atoms with Gasteiger partial charge < -0.3 is 16.0 Å². The number of fused-ring (bicyclic) bond motifs is 1. The summed E-state index contributed by atoms with van der Waals surface area (Å²) < 4.78 is 0. The summed E-state index contributed by atoms with van der Waals surface area (Å²) in [5.74, 6) is 2.04. The maximum absolute atomic E-state index is 13.3. The van der Waals surface area contributed by atoms with Gasteiger partial charge in [0, 0.05) is 38.8 Å². The molecule has 0 bridgehead atoms. The van der Waals surface area contributed by atoms with E-state index in [1.807, 2.05) is 36.4 Å². The number of urea groups is 1. The molecular weight excluding hydrogens is 529 g/mol. The van der Waals surface area contributed by atoms with E-state index < -0.39 is 11.6 Å². The van der Waals surface area contributed by atoms with Crippen molar-refractivity contribution in [3.8, 4) is 12.3 Å². The van der Waals surface area contributed by atoms with E-state index in [9.17, 15) is 9.59 Å². The van der Waals surface area contributed by atoms with Crippen LogP contribution in [0.3, 0.4) is 0 Å². The topological polar surface area (TPSA) is 70.2 Å². The van der Waals surface area contributed by atoms with Gasteiger partial charge in [0.15, 0.2) is 0 Å². The summed E-state index contributed by atoms with van der Waals surface area (Å²) in [4.78, 5) is 26.5. The van der Waals surface area contributed by atoms with Crippen molar-refractivity contribution in [1.82, 2.24) is 10.6 Å². The number of hydrogen-bond donors (Lipinski definition) is 3. The third-order valence-corrected chi connectivity index (χ3v) is 8.31. The minimum Gasteiger partial charge on any atom is -0.354 e. The van der Waals surface area contributed by atoms with Crippen LogP contribution in [0.2, 0.25) is 15.1 Å². The minimum absolute atomic E-state index is 0.0120. The van der Waals surface area contributed by atoms with E-state index in [1.165, 1.54) is 0 Å². The Kier molecular flexibility index (Phi) is 7.09. The van der Waals surface area contributed by atoms with Gasteiger partial charge in [-0.2, -0.15) is 0 Å². The van der Waals surface area contributed by atoms with Gasteiger partial charge in [0.2, 0.25) is 5.91 Å². The van der Waals surface area contributed by atoms with Gasteiger partial charge in [0.25, 0.3) is 0 Å². The highest BCUT2D eigenvalue weighted by Crippen LogP contribution is 2.54. The number of carbonyl (C=O) groups excluding carboxylic acids is 2. The van der Waals surface area contributed by atoms with Crippen LogP contribution in [0.25, 0.3) is 0 Å². The summed E-state index contributed by atoms with van der Waals surface area (Å²) in [5, 5.41) is 10.7. The molecule has 3 N–H and O–H groups in total. The van der Waals surface area contributed by atoms with Crippen LogP contribution in [-0.2, 0) is 4.79 Å². The van der Waals surface area contributed by atoms with E-state index in [1.54, 1.807) is 30.3 Å². The molecular formula is C29H24Cl3N3O2. The van der Waals surface area contributed by atoms with Crippen LogP contribution in [0.1, 0.15) is 41.4 Å². The van der Waals surface area contributed by atoms with Gasteiger partial charge in [0.1, 0.15) is 5.54 Å². The van der Waals surface area contributed by atoms with Crippen molar-refractivity contribution in [3.05, 3.63) is 98.5 Å². The molecule has 188 valence electrons. The van der Waals surface area contributed by atoms with Gasteiger partial charge in [0.05, 0.1) is 0 Å². The average molecular weight is 553 g/mol. The second-order valence-electron chi connectivity index (χ2n) is 9.48. The zero-order valence-corrected chi connectivity index (χ0v) is 22.0. The van der Waals surface area contributed by atoms with Crippen molar-refractivity contribution in [1.29, 1.82) is 0 Å². The minimum atomic E-state index is -1.08. The van der Waals surface area contributed by atoms with Crippen molar-refractivity contribution < 1.29 is 9.59 Å². The van der Waals surface area contributed by atoms with E-state index in [0.29, 0.717) is 45.7 Å². The molecule has 1 saturated heterocycles. The lowest BCUT2D eigenvalue weighted by atomic mass is 9.60. The molecule has 0 unspecified atom stereocenters.